The first-order valence-corrected chi connectivity index (χ1v) is 17.8. The van der Waals surface area contributed by atoms with E-state index in [4.69, 9.17) is 18.9 Å². The summed E-state index contributed by atoms with van der Waals surface area (Å²) in [5.74, 6) is -3.13. The van der Waals surface area contributed by atoms with Gasteiger partial charge in [-0.05, 0) is 57.0 Å². The van der Waals surface area contributed by atoms with Gasteiger partial charge in [0.2, 0.25) is 5.13 Å². The average molecular weight is 735 g/mol. The highest BCUT2D eigenvalue weighted by Crippen LogP contribution is 2.37. The van der Waals surface area contributed by atoms with Crippen LogP contribution in [0.1, 0.15) is 44.2 Å². The Kier molecular flexibility index (Phi) is 11.1. The van der Waals surface area contributed by atoms with Gasteiger partial charge in [-0.15, -0.1) is 0 Å². The third-order valence-electron chi connectivity index (χ3n) is 8.08. The Morgan fingerprint density at radius 2 is 1.74 bits per heavy atom. The molecule has 1 fully saturated rings. The minimum atomic E-state index is -4.74. The van der Waals surface area contributed by atoms with E-state index in [2.05, 4.69) is 9.36 Å². The van der Waals surface area contributed by atoms with Crippen LogP contribution in [0.4, 0.5) is 23.1 Å². The summed E-state index contributed by atoms with van der Waals surface area (Å²) in [4.78, 5) is 17.5. The molecule has 0 N–H and O–H groups in total. The van der Waals surface area contributed by atoms with Crippen molar-refractivity contribution >= 4 is 32.8 Å². The van der Waals surface area contributed by atoms with E-state index in [0.717, 1.165) is 27.7 Å². The number of hydrogen-bond acceptors (Lipinski definition) is 10. The number of piperidine rings is 1. The highest BCUT2D eigenvalue weighted by atomic mass is 32.2. The van der Waals surface area contributed by atoms with Crippen LogP contribution in [-0.2, 0) is 21.3 Å². The standard InChI is InChI=1S/C34H37F3N4O7S2/c1-34(2,3)48-33(42)40-13-12-23(26(18-40)21-6-9-24(35)10-7-21)19-47-30-15-28(37)31(16-27(30)36)50(43,44)41(32-38-20-39-49-32)17-22-8-11-25(45-4)14-29(22)46-5/h6-11,14-16,20,23,26H,12-13,17-19H2,1-5H3/t23-,26-/m0/s1. The van der Waals surface area contributed by atoms with Gasteiger partial charge >= 0.3 is 6.09 Å². The van der Waals surface area contributed by atoms with Crippen molar-refractivity contribution in [1.82, 2.24) is 14.3 Å². The number of hydrogen-bond donors (Lipinski definition) is 0. The van der Waals surface area contributed by atoms with E-state index >= 15 is 8.78 Å². The summed E-state index contributed by atoms with van der Waals surface area (Å²) in [6.45, 7) is 5.40. The summed E-state index contributed by atoms with van der Waals surface area (Å²) in [7, 11) is -1.87. The molecule has 0 spiro atoms. The van der Waals surface area contributed by atoms with E-state index < -0.39 is 49.8 Å². The fourth-order valence-corrected chi connectivity index (χ4v) is 7.77. The summed E-state index contributed by atoms with van der Waals surface area (Å²) < 4.78 is 99.6. The van der Waals surface area contributed by atoms with Gasteiger partial charge in [0.15, 0.2) is 11.6 Å². The molecule has 4 aromatic rings. The van der Waals surface area contributed by atoms with Crippen LogP contribution in [0, 0.1) is 23.4 Å². The third kappa shape index (κ3) is 8.41. The summed E-state index contributed by atoms with van der Waals surface area (Å²) >= 11 is 0.760. The predicted molar refractivity (Wildman–Crippen MR) is 180 cm³/mol. The minimum absolute atomic E-state index is 0.0763. The number of anilines is 1. The quantitative estimate of drug-likeness (QED) is 0.164. The number of carbonyl (C=O) groups is 1. The number of likely N-dealkylation sites (tertiary alicyclic amines) is 1. The first-order chi connectivity index (χ1) is 23.7. The number of rotatable bonds is 11. The lowest BCUT2D eigenvalue weighted by atomic mass is 9.81. The molecule has 0 radical (unpaired) electrons. The molecule has 2 atom stereocenters. The summed E-state index contributed by atoms with van der Waals surface area (Å²) in [5.41, 5.74) is 0.424. The van der Waals surface area contributed by atoms with Gasteiger partial charge in [0.25, 0.3) is 10.0 Å². The lowest BCUT2D eigenvalue weighted by molar-refractivity contribution is 0.0129. The molecule has 1 aliphatic heterocycles. The van der Waals surface area contributed by atoms with E-state index in [-0.39, 0.29) is 36.7 Å². The second kappa shape index (κ2) is 15.1. The molecular weight excluding hydrogens is 698 g/mol. The van der Waals surface area contributed by atoms with Crippen molar-refractivity contribution in [2.24, 2.45) is 5.92 Å². The molecule has 1 aliphatic rings. The van der Waals surface area contributed by atoms with Gasteiger partial charge in [-0.2, -0.15) is 4.37 Å². The monoisotopic (exact) mass is 734 g/mol. The number of nitrogens with zero attached hydrogens (tertiary/aromatic N) is 4. The highest BCUT2D eigenvalue weighted by Gasteiger charge is 2.36. The number of benzene rings is 3. The molecule has 1 amide bonds. The van der Waals surface area contributed by atoms with Crippen LogP contribution in [-0.4, -0.2) is 68.3 Å². The van der Waals surface area contributed by atoms with Gasteiger partial charge in [-0.3, -0.25) is 0 Å². The topological polar surface area (TPSA) is 120 Å². The zero-order valence-electron chi connectivity index (χ0n) is 28.1. The van der Waals surface area contributed by atoms with E-state index in [1.165, 1.54) is 26.4 Å². The van der Waals surface area contributed by atoms with Gasteiger partial charge < -0.3 is 23.8 Å². The smallest absolute Gasteiger partial charge is 0.410 e. The minimum Gasteiger partial charge on any atom is -0.497 e. The van der Waals surface area contributed by atoms with E-state index in [1.54, 1.807) is 56.0 Å². The Bertz CT molecular complexity index is 1910. The molecule has 5 rings (SSSR count). The molecule has 0 bridgehead atoms. The largest absolute Gasteiger partial charge is 0.497 e. The summed E-state index contributed by atoms with van der Waals surface area (Å²) in [6.07, 6.45) is 1.07. The SMILES string of the molecule is COc1ccc(CN(c2ncns2)S(=O)(=O)c2cc(F)c(OC[C@@H]3CCN(C(=O)OC(C)(C)C)C[C@H]3c3ccc(F)cc3)cc2F)c(OC)c1. The highest BCUT2D eigenvalue weighted by molar-refractivity contribution is 7.93. The maximum absolute atomic E-state index is 15.7. The zero-order valence-corrected chi connectivity index (χ0v) is 29.7. The van der Waals surface area contributed by atoms with Crippen LogP contribution in [0.3, 0.4) is 0 Å². The molecule has 3 aromatic carbocycles. The Balaban J connectivity index is 1.38. The molecule has 11 nitrogen and oxygen atoms in total. The van der Waals surface area contributed by atoms with Crippen molar-refractivity contribution in [1.29, 1.82) is 0 Å². The Morgan fingerprint density at radius 3 is 2.38 bits per heavy atom. The van der Waals surface area contributed by atoms with Crippen LogP contribution in [0.25, 0.3) is 0 Å². The van der Waals surface area contributed by atoms with E-state index in [0.29, 0.717) is 42.2 Å². The number of methoxy groups -OCH3 is 2. The van der Waals surface area contributed by atoms with E-state index in [9.17, 15) is 17.6 Å². The number of sulfonamides is 1. The first-order valence-electron chi connectivity index (χ1n) is 15.6. The van der Waals surface area contributed by atoms with Crippen LogP contribution in [0.2, 0.25) is 0 Å². The molecule has 16 heteroatoms. The van der Waals surface area contributed by atoms with Crippen LogP contribution in [0.15, 0.2) is 65.8 Å². The summed E-state index contributed by atoms with van der Waals surface area (Å²) in [6, 6.07) is 11.9. The van der Waals surface area contributed by atoms with Gasteiger partial charge in [0, 0.05) is 60.2 Å². The average Bonchev–Trinajstić information content (AvgIpc) is 3.61. The Hall–Kier alpha value is -4.57. The summed E-state index contributed by atoms with van der Waals surface area (Å²) in [5, 5.41) is -0.0763. The number of carbonyl (C=O) groups excluding carboxylic acids is 1. The molecule has 1 saturated heterocycles. The second-order valence-electron chi connectivity index (χ2n) is 12.6. The Morgan fingerprint density at radius 1 is 1.00 bits per heavy atom. The van der Waals surface area contributed by atoms with Gasteiger partial charge in [-0.25, -0.2) is 35.7 Å². The molecule has 2 heterocycles. The van der Waals surface area contributed by atoms with Crippen LogP contribution >= 0.6 is 11.5 Å². The van der Waals surface area contributed by atoms with Crippen molar-refractivity contribution in [2.45, 2.75) is 50.2 Å². The molecule has 268 valence electrons. The number of ether oxygens (including phenoxy) is 4. The number of aromatic nitrogens is 2. The maximum atomic E-state index is 15.7. The van der Waals surface area contributed by atoms with Crippen LogP contribution < -0.4 is 18.5 Å². The molecule has 0 unspecified atom stereocenters. The van der Waals surface area contributed by atoms with Gasteiger partial charge in [0.05, 0.1) is 27.4 Å². The van der Waals surface area contributed by atoms with Gasteiger partial charge in [-0.1, -0.05) is 12.1 Å². The van der Waals surface area contributed by atoms with E-state index in [1.807, 2.05) is 0 Å². The molecule has 0 saturated carbocycles. The molecule has 1 aromatic heterocycles. The lowest BCUT2D eigenvalue weighted by Crippen LogP contribution is -2.46. The maximum Gasteiger partial charge on any atom is 0.410 e. The number of amides is 1. The second-order valence-corrected chi connectivity index (χ2v) is 15.2. The van der Waals surface area contributed by atoms with Crippen LogP contribution in [0.5, 0.6) is 17.2 Å². The molecule has 50 heavy (non-hydrogen) atoms. The zero-order chi connectivity index (χ0) is 36.2. The van der Waals surface area contributed by atoms with Crippen molar-refractivity contribution < 1.29 is 45.3 Å². The van der Waals surface area contributed by atoms with Crippen molar-refractivity contribution in [3.8, 4) is 17.2 Å². The normalized spacial score (nSPS) is 16.5. The fraction of sp³-hybridized carbons (Fsp3) is 0.382. The van der Waals surface area contributed by atoms with Gasteiger partial charge in [0.1, 0.15) is 40.0 Å². The van der Waals surface area contributed by atoms with Crippen molar-refractivity contribution in [3.63, 3.8) is 0 Å². The molecule has 0 aliphatic carbocycles. The van der Waals surface area contributed by atoms with Crippen molar-refractivity contribution in [3.05, 3.63) is 89.5 Å². The molecular formula is C34H37F3N4O7S2. The predicted octanol–water partition coefficient (Wildman–Crippen LogP) is 6.79. The first kappa shape index (κ1) is 36.7. The Labute approximate surface area is 292 Å². The fourth-order valence-electron chi connectivity index (χ4n) is 5.58. The third-order valence-corrected chi connectivity index (χ3v) is 10.6. The van der Waals surface area contributed by atoms with Crippen molar-refractivity contribution in [2.75, 3.05) is 38.2 Å². The number of halogens is 3. The lowest BCUT2D eigenvalue weighted by Gasteiger charge is -2.39.